The Morgan fingerprint density at radius 3 is 2.00 bits per heavy atom. The lowest BCUT2D eigenvalue weighted by Crippen LogP contribution is -2.33. The van der Waals surface area contributed by atoms with Gasteiger partial charge in [-0.05, 0) is 63.9 Å². The molecule has 0 aliphatic heterocycles. The molecule has 2 rings (SSSR count). The largest absolute Gasteiger partial charge is 0.465 e. The molecule has 0 bridgehead atoms. The van der Waals surface area contributed by atoms with Gasteiger partial charge in [-0.15, -0.1) is 0 Å². The summed E-state index contributed by atoms with van der Waals surface area (Å²) in [4.78, 5) is 36.9. The van der Waals surface area contributed by atoms with E-state index in [1.165, 1.54) is 0 Å². The molecule has 0 saturated carbocycles. The first-order valence-corrected chi connectivity index (χ1v) is 9.79. The second-order valence-corrected chi connectivity index (χ2v) is 7.69. The summed E-state index contributed by atoms with van der Waals surface area (Å²) < 4.78 is 10.3. The van der Waals surface area contributed by atoms with Gasteiger partial charge in [0.1, 0.15) is 11.5 Å². The minimum atomic E-state index is -0.966. The highest BCUT2D eigenvalue weighted by atomic mass is 16.6. The second-order valence-electron chi connectivity index (χ2n) is 7.69. The first-order valence-electron chi connectivity index (χ1n) is 9.79. The SMILES string of the molecule is CCOC(=O)C(Cc1ccccc1)C(=O)Nc1ccc(NC(=O)OC(C)(C)C)cc1. The Hall–Kier alpha value is -3.35. The van der Waals surface area contributed by atoms with Gasteiger partial charge in [0.05, 0.1) is 6.61 Å². The number of rotatable bonds is 7. The zero-order valence-electron chi connectivity index (χ0n) is 17.7. The van der Waals surface area contributed by atoms with Gasteiger partial charge in [0.2, 0.25) is 5.91 Å². The van der Waals surface area contributed by atoms with Crippen molar-refractivity contribution in [2.75, 3.05) is 17.2 Å². The van der Waals surface area contributed by atoms with Crippen LogP contribution in [0.4, 0.5) is 16.2 Å². The number of ether oxygens (including phenoxy) is 2. The van der Waals surface area contributed by atoms with Crippen LogP contribution in [0.1, 0.15) is 33.3 Å². The Bertz CT molecular complexity index is 857. The Kier molecular flexibility index (Phi) is 7.98. The third-order valence-corrected chi connectivity index (χ3v) is 3.97. The Morgan fingerprint density at radius 1 is 0.900 bits per heavy atom. The maximum absolute atomic E-state index is 12.8. The third-order valence-electron chi connectivity index (χ3n) is 3.97. The first-order chi connectivity index (χ1) is 14.2. The zero-order valence-corrected chi connectivity index (χ0v) is 17.7. The van der Waals surface area contributed by atoms with Gasteiger partial charge in [-0.1, -0.05) is 30.3 Å². The number of nitrogens with one attached hydrogen (secondary N) is 2. The minimum Gasteiger partial charge on any atom is -0.465 e. The topological polar surface area (TPSA) is 93.7 Å². The minimum absolute atomic E-state index is 0.197. The van der Waals surface area contributed by atoms with Crippen LogP contribution in [0, 0.1) is 5.92 Å². The van der Waals surface area contributed by atoms with Crippen LogP contribution < -0.4 is 10.6 Å². The van der Waals surface area contributed by atoms with E-state index in [0.29, 0.717) is 11.4 Å². The van der Waals surface area contributed by atoms with Crippen molar-refractivity contribution in [3.8, 4) is 0 Å². The van der Waals surface area contributed by atoms with Crippen LogP contribution in [-0.2, 0) is 25.5 Å². The van der Waals surface area contributed by atoms with Crippen LogP contribution in [0.3, 0.4) is 0 Å². The van der Waals surface area contributed by atoms with Crippen molar-refractivity contribution < 1.29 is 23.9 Å². The van der Waals surface area contributed by atoms with Gasteiger partial charge in [0.15, 0.2) is 0 Å². The summed E-state index contributed by atoms with van der Waals surface area (Å²) in [5, 5.41) is 5.36. The monoisotopic (exact) mass is 412 g/mol. The van der Waals surface area contributed by atoms with E-state index in [9.17, 15) is 14.4 Å². The van der Waals surface area contributed by atoms with Crippen molar-refractivity contribution in [3.05, 3.63) is 60.2 Å². The molecule has 0 aliphatic rings. The molecule has 7 nitrogen and oxygen atoms in total. The highest BCUT2D eigenvalue weighted by Crippen LogP contribution is 2.18. The summed E-state index contributed by atoms with van der Waals surface area (Å²) in [7, 11) is 0. The molecule has 30 heavy (non-hydrogen) atoms. The van der Waals surface area contributed by atoms with E-state index in [2.05, 4.69) is 10.6 Å². The fraction of sp³-hybridized carbons (Fsp3) is 0.348. The van der Waals surface area contributed by atoms with E-state index >= 15 is 0 Å². The van der Waals surface area contributed by atoms with Crippen molar-refractivity contribution >= 4 is 29.3 Å². The molecular formula is C23H28N2O5. The van der Waals surface area contributed by atoms with Gasteiger partial charge in [0.25, 0.3) is 0 Å². The van der Waals surface area contributed by atoms with Crippen LogP contribution >= 0.6 is 0 Å². The van der Waals surface area contributed by atoms with Gasteiger partial charge < -0.3 is 14.8 Å². The summed E-state index contributed by atoms with van der Waals surface area (Å²) in [6.07, 6.45) is -0.325. The van der Waals surface area contributed by atoms with Gasteiger partial charge in [-0.3, -0.25) is 14.9 Å². The van der Waals surface area contributed by atoms with E-state index < -0.39 is 29.5 Å². The molecule has 0 radical (unpaired) electrons. The molecule has 1 atom stereocenters. The molecule has 0 aromatic heterocycles. The molecule has 0 fully saturated rings. The number of esters is 1. The molecule has 160 valence electrons. The van der Waals surface area contributed by atoms with Crippen molar-refractivity contribution in [2.24, 2.45) is 5.92 Å². The first kappa shape index (κ1) is 22.9. The maximum Gasteiger partial charge on any atom is 0.412 e. The van der Waals surface area contributed by atoms with Crippen molar-refractivity contribution in [1.82, 2.24) is 0 Å². The van der Waals surface area contributed by atoms with Crippen molar-refractivity contribution in [1.29, 1.82) is 0 Å². The van der Waals surface area contributed by atoms with E-state index in [0.717, 1.165) is 5.56 Å². The number of carbonyl (C=O) groups is 3. The Balaban J connectivity index is 2.04. The highest BCUT2D eigenvalue weighted by Gasteiger charge is 2.28. The normalized spacial score (nSPS) is 11.9. The number of carbonyl (C=O) groups excluding carboxylic acids is 3. The van der Waals surface area contributed by atoms with E-state index in [-0.39, 0.29) is 13.0 Å². The fourth-order valence-electron chi connectivity index (χ4n) is 2.66. The highest BCUT2D eigenvalue weighted by molar-refractivity contribution is 6.05. The van der Waals surface area contributed by atoms with Gasteiger partial charge in [-0.25, -0.2) is 4.79 Å². The van der Waals surface area contributed by atoms with E-state index in [1.54, 1.807) is 52.0 Å². The summed E-state index contributed by atoms with van der Waals surface area (Å²) in [6.45, 7) is 7.23. The molecule has 0 saturated heterocycles. The second kappa shape index (κ2) is 10.4. The van der Waals surface area contributed by atoms with Crippen LogP contribution in [0.15, 0.2) is 54.6 Å². The molecule has 2 N–H and O–H groups in total. The number of hydrogen-bond donors (Lipinski definition) is 2. The lowest BCUT2D eigenvalue weighted by molar-refractivity contribution is -0.150. The zero-order chi connectivity index (χ0) is 22.1. The van der Waals surface area contributed by atoms with Crippen LogP contribution in [0.5, 0.6) is 0 Å². The average Bonchev–Trinajstić information content (AvgIpc) is 2.67. The predicted octanol–water partition coefficient (Wildman–Crippen LogP) is 4.39. The smallest absolute Gasteiger partial charge is 0.412 e. The van der Waals surface area contributed by atoms with Gasteiger partial charge >= 0.3 is 12.1 Å². The molecule has 0 aliphatic carbocycles. The number of amides is 2. The van der Waals surface area contributed by atoms with Crippen molar-refractivity contribution in [3.63, 3.8) is 0 Å². The fourth-order valence-corrected chi connectivity index (χ4v) is 2.66. The number of hydrogen-bond acceptors (Lipinski definition) is 5. The van der Waals surface area contributed by atoms with Gasteiger partial charge in [-0.2, -0.15) is 0 Å². The standard InChI is InChI=1S/C23H28N2O5/c1-5-29-21(27)19(15-16-9-7-6-8-10-16)20(26)24-17-11-13-18(14-12-17)25-22(28)30-23(2,3)4/h6-14,19H,5,15H2,1-4H3,(H,24,26)(H,25,28). The Morgan fingerprint density at radius 2 is 1.47 bits per heavy atom. The van der Waals surface area contributed by atoms with Gasteiger partial charge in [0, 0.05) is 11.4 Å². The molecule has 1 unspecified atom stereocenters. The van der Waals surface area contributed by atoms with Crippen LogP contribution in [0.2, 0.25) is 0 Å². The summed E-state index contributed by atoms with van der Waals surface area (Å²) >= 11 is 0. The quantitative estimate of drug-likeness (QED) is 0.519. The lowest BCUT2D eigenvalue weighted by Gasteiger charge is -2.19. The molecule has 7 heteroatoms. The summed E-state index contributed by atoms with van der Waals surface area (Å²) in [5.74, 6) is -1.99. The van der Waals surface area contributed by atoms with E-state index in [1.807, 2.05) is 30.3 Å². The summed E-state index contributed by atoms with van der Waals surface area (Å²) in [5.41, 5.74) is 1.28. The number of anilines is 2. The molecule has 0 heterocycles. The van der Waals surface area contributed by atoms with Crippen molar-refractivity contribution in [2.45, 2.75) is 39.7 Å². The molecule has 2 aromatic carbocycles. The third kappa shape index (κ3) is 7.58. The van der Waals surface area contributed by atoms with E-state index in [4.69, 9.17) is 9.47 Å². The van der Waals surface area contributed by atoms with Crippen LogP contribution in [-0.4, -0.2) is 30.2 Å². The maximum atomic E-state index is 12.8. The lowest BCUT2D eigenvalue weighted by atomic mass is 9.98. The molecule has 2 amide bonds. The summed E-state index contributed by atoms with van der Waals surface area (Å²) in [6, 6.07) is 15.8. The van der Waals surface area contributed by atoms with Crippen LogP contribution in [0.25, 0.3) is 0 Å². The number of benzene rings is 2. The molecule has 0 spiro atoms. The average molecular weight is 412 g/mol. The molecular weight excluding hydrogens is 384 g/mol. The molecule has 2 aromatic rings. The Labute approximate surface area is 176 Å². The predicted molar refractivity (Wildman–Crippen MR) is 115 cm³/mol.